The van der Waals surface area contributed by atoms with E-state index in [0.29, 0.717) is 19.5 Å². The molecule has 0 aliphatic rings. The average Bonchev–Trinajstić information content (AvgIpc) is 2.39. The zero-order valence-electron chi connectivity index (χ0n) is 12.4. The number of carbonyl (C=O) groups excluding carboxylic acids is 1. The molecule has 0 aromatic heterocycles. The molecular weight excluding hydrogens is 252 g/mol. The molecule has 1 aromatic rings. The monoisotopic (exact) mass is 274 g/mol. The summed E-state index contributed by atoms with van der Waals surface area (Å²) in [7, 11) is 0. The van der Waals surface area contributed by atoms with Gasteiger partial charge in [0.15, 0.2) is 0 Å². The molecule has 0 unspecified atom stereocenters. The lowest BCUT2D eigenvalue weighted by Crippen LogP contribution is -2.34. The van der Waals surface area contributed by atoms with Crippen LogP contribution < -0.4 is 5.32 Å². The molecule has 2 N–H and O–H groups in total. The van der Waals surface area contributed by atoms with E-state index in [2.05, 4.69) is 17.2 Å². The molecule has 4 nitrogen and oxygen atoms in total. The Kier molecular flexibility index (Phi) is 6.61. The highest BCUT2D eigenvalue weighted by molar-refractivity contribution is 5.89. The Morgan fingerprint density at radius 2 is 2.00 bits per heavy atom. The van der Waals surface area contributed by atoms with Gasteiger partial charge in [-0.05, 0) is 44.5 Å². The van der Waals surface area contributed by atoms with Crippen molar-refractivity contribution in [3.05, 3.63) is 29.3 Å². The standard InChI is InChI=1S/C16H22N2O2/c1-4-18(5-2)16(20)17-15-11-13(3)10-14(12-15)8-6-7-9-19/h10-12,19H,4-5,7,9H2,1-3H3,(H,17,20). The Morgan fingerprint density at radius 3 is 2.60 bits per heavy atom. The van der Waals surface area contributed by atoms with Gasteiger partial charge in [0.25, 0.3) is 0 Å². The second-order valence-corrected chi connectivity index (χ2v) is 4.47. The minimum Gasteiger partial charge on any atom is -0.395 e. The number of aliphatic hydroxyl groups is 1. The lowest BCUT2D eigenvalue weighted by molar-refractivity contribution is 0.217. The first-order valence-electron chi connectivity index (χ1n) is 6.88. The number of hydrogen-bond donors (Lipinski definition) is 2. The minimum atomic E-state index is -0.102. The van der Waals surface area contributed by atoms with Crippen LogP contribution in [-0.2, 0) is 0 Å². The summed E-state index contributed by atoms with van der Waals surface area (Å²) in [6.45, 7) is 7.28. The third kappa shape index (κ3) is 4.94. The SMILES string of the molecule is CCN(CC)C(=O)Nc1cc(C)cc(C#CCCO)c1. The van der Waals surface area contributed by atoms with Crippen LogP contribution in [0.3, 0.4) is 0 Å². The van der Waals surface area contributed by atoms with Crippen molar-refractivity contribution in [3.63, 3.8) is 0 Å². The van der Waals surface area contributed by atoms with Crippen molar-refractivity contribution in [2.45, 2.75) is 27.2 Å². The lowest BCUT2D eigenvalue weighted by atomic mass is 10.1. The number of urea groups is 1. The van der Waals surface area contributed by atoms with E-state index in [-0.39, 0.29) is 12.6 Å². The highest BCUT2D eigenvalue weighted by Gasteiger charge is 2.09. The van der Waals surface area contributed by atoms with Gasteiger partial charge in [0, 0.05) is 30.8 Å². The zero-order chi connectivity index (χ0) is 15.0. The minimum absolute atomic E-state index is 0.0599. The van der Waals surface area contributed by atoms with E-state index in [9.17, 15) is 4.79 Å². The fourth-order valence-electron chi connectivity index (χ4n) is 1.86. The first-order chi connectivity index (χ1) is 9.60. The molecule has 1 aromatic carbocycles. The highest BCUT2D eigenvalue weighted by atomic mass is 16.2. The summed E-state index contributed by atoms with van der Waals surface area (Å²) in [5.41, 5.74) is 2.62. The normalized spacial score (nSPS) is 9.60. The average molecular weight is 274 g/mol. The van der Waals surface area contributed by atoms with Crippen molar-refractivity contribution in [3.8, 4) is 11.8 Å². The number of amides is 2. The molecule has 20 heavy (non-hydrogen) atoms. The largest absolute Gasteiger partial charge is 0.395 e. The number of benzene rings is 1. The van der Waals surface area contributed by atoms with Gasteiger partial charge in [-0.3, -0.25) is 0 Å². The number of nitrogens with one attached hydrogen (secondary N) is 1. The molecule has 0 fully saturated rings. The van der Waals surface area contributed by atoms with Gasteiger partial charge in [0.1, 0.15) is 0 Å². The van der Waals surface area contributed by atoms with Crippen molar-refractivity contribution in [1.82, 2.24) is 4.90 Å². The van der Waals surface area contributed by atoms with E-state index in [1.807, 2.05) is 39.0 Å². The number of rotatable bonds is 4. The Morgan fingerprint density at radius 1 is 1.30 bits per heavy atom. The maximum absolute atomic E-state index is 12.0. The molecule has 108 valence electrons. The number of carbonyl (C=O) groups is 1. The van der Waals surface area contributed by atoms with E-state index in [1.54, 1.807) is 4.90 Å². The Bertz CT molecular complexity index is 511. The van der Waals surface area contributed by atoms with Gasteiger partial charge in [-0.15, -0.1) is 0 Å². The van der Waals surface area contributed by atoms with Gasteiger partial charge < -0.3 is 15.3 Å². The molecule has 2 amide bonds. The summed E-state index contributed by atoms with van der Waals surface area (Å²) in [6.07, 6.45) is 0.453. The quantitative estimate of drug-likeness (QED) is 0.829. The van der Waals surface area contributed by atoms with Crippen molar-refractivity contribution in [2.75, 3.05) is 25.0 Å². The lowest BCUT2D eigenvalue weighted by Gasteiger charge is -2.19. The number of aliphatic hydroxyl groups excluding tert-OH is 1. The predicted molar refractivity (Wildman–Crippen MR) is 81.7 cm³/mol. The summed E-state index contributed by atoms with van der Waals surface area (Å²) in [5, 5.41) is 11.6. The summed E-state index contributed by atoms with van der Waals surface area (Å²) < 4.78 is 0. The number of anilines is 1. The van der Waals surface area contributed by atoms with E-state index < -0.39 is 0 Å². The fourth-order valence-corrected chi connectivity index (χ4v) is 1.86. The fraction of sp³-hybridized carbons (Fsp3) is 0.438. The highest BCUT2D eigenvalue weighted by Crippen LogP contribution is 2.14. The van der Waals surface area contributed by atoms with E-state index >= 15 is 0 Å². The third-order valence-corrected chi connectivity index (χ3v) is 2.85. The van der Waals surface area contributed by atoms with Gasteiger partial charge >= 0.3 is 6.03 Å². The van der Waals surface area contributed by atoms with Crippen molar-refractivity contribution >= 4 is 11.7 Å². The second-order valence-electron chi connectivity index (χ2n) is 4.47. The first kappa shape index (κ1) is 16.1. The van der Waals surface area contributed by atoms with Gasteiger partial charge in [0.05, 0.1) is 6.61 Å². The summed E-state index contributed by atoms with van der Waals surface area (Å²) in [5.74, 6) is 5.86. The smallest absolute Gasteiger partial charge is 0.321 e. The first-order valence-corrected chi connectivity index (χ1v) is 6.88. The van der Waals surface area contributed by atoms with Crippen LogP contribution in [0.5, 0.6) is 0 Å². The van der Waals surface area contributed by atoms with E-state index in [0.717, 1.165) is 16.8 Å². The maximum Gasteiger partial charge on any atom is 0.321 e. The molecule has 0 bridgehead atoms. The predicted octanol–water partition coefficient (Wildman–Crippen LogP) is 2.60. The zero-order valence-corrected chi connectivity index (χ0v) is 12.4. The Balaban J connectivity index is 2.86. The Labute approximate surface area is 120 Å². The number of nitrogens with zero attached hydrogens (tertiary/aromatic N) is 1. The molecule has 0 saturated carbocycles. The van der Waals surface area contributed by atoms with Crippen LogP contribution in [0, 0.1) is 18.8 Å². The molecule has 0 saturated heterocycles. The van der Waals surface area contributed by atoms with E-state index in [1.165, 1.54) is 0 Å². The topological polar surface area (TPSA) is 52.6 Å². The van der Waals surface area contributed by atoms with Crippen molar-refractivity contribution in [1.29, 1.82) is 0 Å². The number of hydrogen-bond acceptors (Lipinski definition) is 2. The van der Waals surface area contributed by atoms with Gasteiger partial charge in [0.2, 0.25) is 0 Å². The maximum atomic E-state index is 12.0. The Hall–Kier alpha value is -1.99. The summed E-state index contributed by atoms with van der Waals surface area (Å²) in [6, 6.07) is 5.62. The van der Waals surface area contributed by atoms with Crippen LogP contribution in [-0.4, -0.2) is 35.7 Å². The summed E-state index contributed by atoms with van der Waals surface area (Å²) >= 11 is 0. The van der Waals surface area contributed by atoms with Crippen LogP contribution >= 0.6 is 0 Å². The molecule has 0 radical (unpaired) electrons. The molecule has 0 atom stereocenters. The molecule has 1 rings (SSSR count). The van der Waals surface area contributed by atoms with Crippen LogP contribution in [0.1, 0.15) is 31.4 Å². The molecule has 0 aliphatic heterocycles. The molecule has 0 heterocycles. The molecular formula is C16H22N2O2. The van der Waals surface area contributed by atoms with Gasteiger partial charge in [-0.1, -0.05) is 11.8 Å². The molecule has 0 spiro atoms. The van der Waals surface area contributed by atoms with E-state index in [4.69, 9.17) is 5.11 Å². The van der Waals surface area contributed by atoms with Gasteiger partial charge in [-0.25, -0.2) is 4.79 Å². The van der Waals surface area contributed by atoms with Crippen LogP contribution in [0.4, 0.5) is 10.5 Å². The van der Waals surface area contributed by atoms with Crippen LogP contribution in [0.2, 0.25) is 0 Å². The second kappa shape index (κ2) is 8.23. The summed E-state index contributed by atoms with van der Waals surface area (Å²) in [4.78, 5) is 13.7. The molecule has 0 aliphatic carbocycles. The van der Waals surface area contributed by atoms with Crippen molar-refractivity contribution in [2.24, 2.45) is 0 Å². The number of aryl methyl sites for hydroxylation is 1. The van der Waals surface area contributed by atoms with Crippen molar-refractivity contribution < 1.29 is 9.90 Å². The van der Waals surface area contributed by atoms with Crippen LogP contribution in [0.15, 0.2) is 18.2 Å². The van der Waals surface area contributed by atoms with Crippen LogP contribution in [0.25, 0.3) is 0 Å². The molecule has 4 heteroatoms. The van der Waals surface area contributed by atoms with Gasteiger partial charge in [-0.2, -0.15) is 0 Å². The third-order valence-electron chi connectivity index (χ3n) is 2.85.